The van der Waals surface area contributed by atoms with Crippen molar-refractivity contribution in [1.82, 2.24) is 4.72 Å². The molecule has 0 bridgehead atoms. The number of benzene rings is 2. The average molecular weight is 597 g/mol. The minimum atomic E-state index is -3.82. The number of hydrogen-bond donors (Lipinski definition) is 2. The second kappa shape index (κ2) is 15.1. The Balaban J connectivity index is 1.34. The van der Waals surface area contributed by atoms with Crippen LogP contribution in [0.1, 0.15) is 48.0 Å². The number of ether oxygens (including phenoxy) is 3. The SMILES string of the molecule is Cc1ccc(S(=O)(=O)CCOCCOCCOC(=O)c2ccccc2NC(=O)NS(=O)(=O)C2CCCCC2)cc1. The maximum absolute atomic E-state index is 12.5. The second-order valence-corrected chi connectivity index (χ2v) is 13.5. The van der Waals surface area contributed by atoms with Crippen LogP contribution >= 0.6 is 0 Å². The number of carbonyl (C=O) groups is 2. The number of carbonyl (C=O) groups excluding carboxylic acids is 2. The molecule has 3 rings (SSSR count). The Kier molecular flexibility index (Phi) is 11.9. The van der Waals surface area contributed by atoms with Crippen molar-refractivity contribution in [2.75, 3.05) is 44.1 Å². The zero-order valence-corrected chi connectivity index (χ0v) is 24.1. The van der Waals surface area contributed by atoms with E-state index in [-0.39, 0.29) is 54.9 Å². The van der Waals surface area contributed by atoms with E-state index in [0.717, 1.165) is 24.8 Å². The maximum atomic E-state index is 12.5. The Bertz CT molecular complexity index is 1340. The number of hydrogen-bond acceptors (Lipinski definition) is 9. The summed E-state index contributed by atoms with van der Waals surface area (Å²) >= 11 is 0. The number of urea groups is 1. The lowest BCUT2D eigenvalue weighted by molar-refractivity contribution is 0.0166. The highest BCUT2D eigenvalue weighted by Crippen LogP contribution is 2.23. The van der Waals surface area contributed by atoms with E-state index in [1.807, 2.05) is 11.6 Å². The van der Waals surface area contributed by atoms with Crippen LogP contribution in [0.3, 0.4) is 0 Å². The van der Waals surface area contributed by atoms with E-state index >= 15 is 0 Å². The molecule has 40 heavy (non-hydrogen) atoms. The first kappa shape index (κ1) is 31.5. The highest BCUT2D eigenvalue weighted by molar-refractivity contribution is 7.91. The summed E-state index contributed by atoms with van der Waals surface area (Å²) in [5.74, 6) is -0.863. The van der Waals surface area contributed by atoms with Gasteiger partial charge in [-0.3, -0.25) is 0 Å². The van der Waals surface area contributed by atoms with Crippen molar-refractivity contribution < 1.29 is 40.6 Å². The third-order valence-electron chi connectivity index (χ3n) is 6.33. The first-order chi connectivity index (χ1) is 19.1. The van der Waals surface area contributed by atoms with Crippen LogP contribution in [0.2, 0.25) is 0 Å². The van der Waals surface area contributed by atoms with Gasteiger partial charge in [0.25, 0.3) is 0 Å². The fourth-order valence-corrected chi connectivity index (χ4v) is 6.68. The van der Waals surface area contributed by atoms with Gasteiger partial charge in [0.05, 0.1) is 53.6 Å². The van der Waals surface area contributed by atoms with E-state index < -0.39 is 37.1 Å². The van der Waals surface area contributed by atoms with Crippen molar-refractivity contribution in [3.8, 4) is 0 Å². The molecule has 0 unspecified atom stereocenters. The minimum Gasteiger partial charge on any atom is -0.460 e. The summed E-state index contributed by atoms with van der Waals surface area (Å²) in [6.07, 6.45) is 3.61. The largest absolute Gasteiger partial charge is 0.460 e. The molecule has 220 valence electrons. The van der Waals surface area contributed by atoms with Gasteiger partial charge >= 0.3 is 12.0 Å². The number of amides is 2. The lowest BCUT2D eigenvalue weighted by atomic mass is 10.0. The van der Waals surface area contributed by atoms with E-state index in [4.69, 9.17) is 14.2 Å². The van der Waals surface area contributed by atoms with Gasteiger partial charge in [-0.05, 0) is 44.0 Å². The second-order valence-electron chi connectivity index (χ2n) is 9.40. The molecule has 0 aromatic heterocycles. The molecule has 1 fully saturated rings. The number of sulfonamides is 1. The Morgan fingerprint density at radius 2 is 1.45 bits per heavy atom. The predicted octanol–water partition coefficient (Wildman–Crippen LogP) is 3.44. The Morgan fingerprint density at radius 1 is 0.825 bits per heavy atom. The Labute approximate surface area is 235 Å². The number of rotatable bonds is 14. The van der Waals surface area contributed by atoms with Crippen molar-refractivity contribution in [1.29, 1.82) is 0 Å². The molecule has 0 radical (unpaired) electrons. The van der Waals surface area contributed by atoms with E-state index in [1.165, 1.54) is 12.1 Å². The molecule has 2 N–H and O–H groups in total. The molecule has 1 saturated carbocycles. The van der Waals surface area contributed by atoms with Crippen LogP contribution in [0.15, 0.2) is 53.4 Å². The van der Waals surface area contributed by atoms with Gasteiger partial charge in [0, 0.05) is 0 Å². The van der Waals surface area contributed by atoms with E-state index in [0.29, 0.717) is 12.8 Å². The predicted molar refractivity (Wildman–Crippen MR) is 150 cm³/mol. The summed E-state index contributed by atoms with van der Waals surface area (Å²) < 4.78 is 67.5. The van der Waals surface area contributed by atoms with Crippen LogP contribution in [0.25, 0.3) is 0 Å². The summed E-state index contributed by atoms with van der Waals surface area (Å²) in [7, 11) is -7.24. The quantitative estimate of drug-likeness (QED) is 0.247. The van der Waals surface area contributed by atoms with Gasteiger partial charge in [-0.15, -0.1) is 0 Å². The molecule has 0 atom stereocenters. The van der Waals surface area contributed by atoms with Crippen molar-refractivity contribution in [2.24, 2.45) is 0 Å². The average Bonchev–Trinajstić information content (AvgIpc) is 2.92. The Morgan fingerprint density at radius 3 is 2.15 bits per heavy atom. The van der Waals surface area contributed by atoms with Crippen LogP contribution in [0.4, 0.5) is 10.5 Å². The Hall–Kier alpha value is -3.00. The van der Waals surface area contributed by atoms with Gasteiger partial charge < -0.3 is 19.5 Å². The highest BCUT2D eigenvalue weighted by Gasteiger charge is 2.29. The third kappa shape index (κ3) is 9.88. The van der Waals surface area contributed by atoms with Crippen LogP contribution in [-0.2, 0) is 34.1 Å². The van der Waals surface area contributed by atoms with Crippen molar-refractivity contribution in [3.63, 3.8) is 0 Å². The first-order valence-corrected chi connectivity index (χ1v) is 16.3. The fraction of sp³-hybridized carbons (Fsp3) is 0.481. The number of aryl methyl sites for hydroxylation is 1. The van der Waals surface area contributed by atoms with Crippen molar-refractivity contribution in [3.05, 3.63) is 59.7 Å². The first-order valence-electron chi connectivity index (χ1n) is 13.1. The topological polar surface area (TPSA) is 154 Å². The third-order valence-corrected chi connectivity index (χ3v) is 9.84. The van der Waals surface area contributed by atoms with Crippen LogP contribution < -0.4 is 10.0 Å². The molecule has 0 saturated heterocycles. The molecule has 11 nitrogen and oxygen atoms in total. The van der Waals surface area contributed by atoms with E-state index in [2.05, 4.69) is 5.32 Å². The number of nitrogens with one attached hydrogen (secondary N) is 2. The van der Waals surface area contributed by atoms with E-state index in [1.54, 1.807) is 36.4 Å². The molecule has 1 aliphatic carbocycles. The fourth-order valence-electron chi connectivity index (χ4n) is 4.13. The zero-order chi connectivity index (χ0) is 29.0. The molecule has 2 aromatic carbocycles. The standard InChI is InChI=1S/C27H36N2O9S2/c1-21-11-13-22(14-12-21)39(32,33)20-19-37-16-15-36-17-18-38-26(30)24-9-5-6-10-25(24)28-27(31)29-40(34,35)23-7-3-2-4-8-23/h5-6,9-14,23H,2-4,7-8,15-20H2,1H3,(H2,28,29,31). The molecule has 13 heteroatoms. The van der Waals surface area contributed by atoms with Gasteiger partial charge in [0.2, 0.25) is 10.0 Å². The summed E-state index contributed by atoms with van der Waals surface area (Å²) in [5.41, 5.74) is 1.15. The molecule has 1 aliphatic rings. The molecular weight excluding hydrogens is 560 g/mol. The molecule has 2 aromatic rings. The number of anilines is 1. The van der Waals surface area contributed by atoms with Gasteiger partial charge in [-0.1, -0.05) is 49.1 Å². The molecule has 0 aliphatic heterocycles. The molecule has 0 heterocycles. The molecule has 0 spiro atoms. The monoisotopic (exact) mass is 596 g/mol. The van der Waals surface area contributed by atoms with Gasteiger partial charge in [0.15, 0.2) is 9.84 Å². The summed E-state index contributed by atoms with van der Waals surface area (Å²) in [6, 6.07) is 11.8. The minimum absolute atomic E-state index is 0.0217. The highest BCUT2D eigenvalue weighted by atomic mass is 32.2. The summed E-state index contributed by atoms with van der Waals surface area (Å²) in [5, 5.41) is 1.81. The normalized spacial score (nSPS) is 14.4. The number of para-hydroxylation sites is 1. The van der Waals surface area contributed by atoms with Crippen LogP contribution in [0, 0.1) is 6.92 Å². The molecule has 2 amide bonds. The van der Waals surface area contributed by atoms with Crippen LogP contribution in [-0.4, -0.2) is 72.9 Å². The summed E-state index contributed by atoms with van der Waals surface area (Å²) in [6.45, 7) is 2.25. The van der Waals surface area contributed by atoms with Crippen LogP contribution in [0.5, 0.6) is 0 Å². The zero-order valence-electron chi connectivity index (χ0n) is 22.5. The lowest BCUT2D eigenvalue weighted by Crippen LogP contribution is -2.41. The van der Waals surface area contributed by atoms with E-state index in [9.17, 15) is 26.4 Å². The van der Waals surface area contributed by atoms with Crippen molar-refractivity contribution in [2.45, 2.75) is 49.2 Å². The summed E-state index contributed by atoms with van der Waals surface area (Å²) in [4.78, 5) is 25.2. The van der Waals surface area contributed by atoms with Gasteiger partial charge in [-0.25, -0.2) is 31.1 Å². The molecular formula is C27H36N2O9S2. The number of esters is 1. The van der Waals surface area contributed by atoms with Crippen molar-refractivity contribution >= 4 is 37.5 Å². The lowest BCUT2D eigenvalue weighted by Gasteiger charge is -2.22. The number of sulfone groups is 1. The smallest absolute Gasteiger partial charge is 0.340 e. The maximum Gasteiger partial charge on any atom is 0.340 e. The van der Waals surface area contributed by atoms with Gasteiger partial charge in [0.1, 0.15) is 6.61 Å². The van der Waals surface area contributed by atoms with Gasteiger partial charge in [-0.2, -0.15) is 0 Å².